The molecule has 0 bridgehead atoms. The zero-order chi connectivity index (χ0) is 14.0. The average Bonchev–Trinajstić information content (AvgIpc) is 2.65. The third-order valence-corrected chi connectivity index (χ3v) is 3.11. The summed E-state index contributed by atoms with van der Waals surface area (Å²) in [4.78, 5) is 23.3. The number of rotatable bonds is 4. The van der Waals surface area contributed by atoms with Crippen LogP contribution >= 0.6 is 0 Å². The lowest BCUT2D eigenvalue weighted by Crippen LogP contribution is -2.45. The van der Waals surface area contributed by atoms with Gasteiger partial charge in [-0.15, -0.1) is 0 Å². The summed E-state index contributed by atoms with van der Waals surface area (Å²) >= 11 is 0. The van der Waals surface area contributed by atoms with Crippen LogP contribution in [0, 0.1) is 5.82 Å². The van der Waals surface area contributed by atoms with Crippen LogP contribution in [0.3, 0.4) is 0 Å². The smallest absolute Gasteiger partial charge is 0.322 e. The molecule has 1 aromatic carbocycles. The van der Waals surface area contributed by atoms with Gasteiger partial charge in [-0.25, -0.2) is 9.18 Å². The van der Waals surface area contributed by atoms with Gasteiger partial charge in [0.05, 0.1) is 7.11 Å². The maximum absolute atomic E-state index is 13.7. The molecule has 1 aliphatic heterocycles. The summed E-state index contributed by atoms with van der Waals surface area (Å²) in [5.74, 6) is -1.07. The maximum atomic E-state index is 13.7. The minimum Gasteiger partial charge on any atom is -0.494 e. The molecule has 1 atom stereocenters. The highest BCUT2D eigenvalue weighted by atomic mass is 19.1. The Hall–Kier alpha value is -2.15. The first kappa shape index (κ1) is 13.3. The average molecular weight is 267 g/mol. The number of nitrogens with two attached hydrogens (primary N) is 1. The summed E-state index contributed by atoms with van der Waals surface area (Å²) in [7, 11) is 1.35. The van der Waals surface area contributed by atoms with Crippen LogP contribution in [-0.2, 0) is 10.3 Å². The molecule has 1 heterocycles. The van der Waals surface area contributed by atoms with Gasteiger partial charge in [0.1, 0.15) is 5.54 Å². The van der Waals surface area contributed by atoms with Crippen molar-refractivity contribution in [2.24, 2.45) is 5.73 Å². The highest BCUT2D eigenvalue weighted by molar-refractivity contribution is 6.07. The van der Waals surface area contributed by atoms with Crippen LogP contribution in [0.15, 0.2) is 18.2 Å². The number of benzene rings is 1. The molecule has 7 heteroatoms. The summed E-state index contributed by atoms with van der Waals surface area (Å²) in [6.45, 7) is 0.168. The number of ether oxygens (including phenoxy) is 1. The number of hydrogen-bond donors (Lipinski definition) is 3. The van der Waals surface area contributed by atoms with E-state index < -0.39 is 23.3 Å². The van der Waals surface area contributed by atoms with Crippen LogP contribution in [0.25, 0.3) is 0 Å². The number of halogens is 1. The highest BCUT2D eigenvalue weighted by Gasteiger charge is 2.47. The molecule has 1 unspecified atom stereocenters. The highest BCUT2D eigenvalue weighted by Crippen LogP contribution is 2.31. The molecule has 1 fully saturated rings. The normalized spacial score (nSPS) is 22.1. The van der Waals surface area contributed by atoms with Crippen molar-refractivity contribution in [1.82, 2.24) is 10.6 Å². The number of hydrogen-bond acceptors (Lipinski definition) is 4. The van der Waals surface area contributed by atoms with Gasteiger partial charge < -0.3 is 15.8 Å². The molecule has 102 valence electrons. The van der Waals surface area contributed by atoms with E-state index in [4.69, 9.17) is 10.5 Å². The minimum absolute atomic E-state index is 0.0661. The van der Waals surface area contributed by atoms with Gasteiger partial charge in [-0.1, -0.05) is 6.07 Å². The number of amides is 3. The summed E-state index contributed by atoms with van der Waals surface area (Å²) in [6, 6.07) is 3.48. The minimum atomic E-state index is -1.32. The van der Waals surface area contributed by atoms with E-state index in [9.17, 15) is 14.0 Å². The Morgan fingerprint density at radius 3 is 2.63 bits per heavy atom. The number of imide groups is 1. The van der Waals surface area contributed by atoms with Crippen LogP contribution in [0.2, 0.25) is 0 Å². The molecule has 19 heavy (non-hydrogen) atoms. The molecule has 0 aliphatic carbocycles. The monoisotopic (exact) mass is 267 g/mol. The van der Waals surface area contributed by atoms with Crippen molar-refractivity contribution >= 4 is 11.9 Å². The second kappa shape index (κ2) is 4.85. The lowest BCUT2D eigenvalue weighted by Gasteiger charge is -2.26. The van der Waals surface area contributed by atoms with Gasteiger partial charge in [-0.2, -0.15) is 0 Å². The number of carbonyl (C=O) groups excluding carboxylic acids is 2. The van der Waals surface area contributed by atoms with Crippen LogP contribution < -0.4 is 21.1 Å². The molecule has 6 nitrogen and oxygen atoms in total. The van der Waals surface area contributed by atoms with Crippen molar-refractivity contribution in [1.29, 1.82) is 0 Å². The van der Waals surface area contributed by atoms with Crippen LogP contribution in [0.1, 0.15) is 12.0 Å². The van der Waals surface area contributed by atoms with E-state index in [0.717, 1.165) is 0 Å². The fourth-order valence-corrected chi connectivity index (χ4v) is 2.16. The first-order valence-corrected chi connectivity index (χ1v) is 5.71. The Balaban J connectivity index is 2.48. The second-order valence-electron chi connectivity index (χ2n) is 4.20. The van der Waals surface area contributed by atoms with Crippen molar-refractivity contribution in [2.75, 3.05) is 13.7 Å². The third-order valence-electron chi connectivity index (χ3n) is 3.11. The zero-order valence-corrected chi connectivity index (χ0v) is 10.3. The Bertz CT molecular complexity index is 535. The van der Waals surface area contributed by atoms with Crippen molar-refractivity contribution in [3.8, 4) is 5.75 Å². The summed E-state index contributed by atoms with van der Waals surface area (Å²) in [5, 5.41) is 4.65. The molecular formula is C12H14FN3O3. The molecule has 3 amide bonds. The van der Waals surface area contributed by atoms with Crippen molar-refractivity contribution in [2.45, 2.75) is 12.0 Å². The number of nitrogens with one attached hydrogen (secondary N) is 2. The SMILES string of the molecule is COc1ccc(C2(CCN)NC(=O)NC2=O)cc1F. The van der Waals surface area contributed by atoms with E-state index in [1.54, 1.807) is 0 Å². The van der Waals surface area contributed by atoms with E-state index in [0.29, 0.717) is 5.56 Å². The van der Waals surface area contributed by atoms with Gasteiger partial charge in [0.15, 0.2) is 11.6 Å². The number of methoxy groups -OCH3 is 1. The van der Waals surface area contributed by atoms with E-state index in [2.05, 4.69) is 10.6 Å². The van der Waals surface area contributed by atoms with Gasteiger partial charge in [-0.3, -0.25) is 10.1 Å². The number of urea groups is 1. The lowest BCUT2D eigenvalue weighted by molar-refractivity contribution is -0.124. The number of carbonyl (C=O) groups is 2. The van der Waals surface area contributed by atoms with E-state index in [1.165, 1.54) is 25.3 Å². The van der Waals surface area contributed by atoms with Crippen LogP contribution in [0.5, 0.6) is 5.75 Å². The van der Waals surface area contributed by atoms with Gasteiger partial charge in [0.2, 0.25) is 0 Å². The Morgan fingerprint density at radius 1 is 1.42 bits per heavy atom. The Morgan fingerprint density at radius 2 is 2.16 bits per heavy atom. The quantitative estimate of drug-likeness (QED) is 0.680. The van der Waals surface area contributed by atoms with E-state index in [1.807, 2.05) is 0 Å². The van der Waals surface area contributed by atoms with Gasteiger partial charge in [-0.05, 0) is 30.7 Å². The fourth-order valence-electron chi connectivity index (χ4n) is 2.16. The van der Waals surface area contributed by atoms with Gasteiger partial charge >= 0.3 is 6.03 Å². The summed E-state index contributed by atoms with van der Waals surface area (Å²) < 4.78 is 18.6. The molecule has 0 saturated carbocycles. The standard InChI is InChI=1S/C12H14FN3O3/c1-19-9-3-2-7(6-8(9)13)12(4-5-14)10(17)15-11(18)16-12/h2-3,6H,4-5,14H2,1H3,(H2,15,16,17,18). The Kier molecular flexibility index (Phi) is 3.39. The molecule has 1 aromatic rings. The Labute approximate surface area is 109 Å². The molecule has 1 saturated heterocycles. The van der Waals surface area contributed by atoms with Gasteiger partial charge in [0, 0.05) is 0 Å². The van der Waals surface area contributed by atoms with Gasteiger partial charge in [0.25, 0.3) is 5.91 Å². The maximum Gasteiger partial charge on any atom is 0.322 e. The molecule has 1 aliphatic rings. The summed E-state index contributed by atoms with van der Waals surface area (Å²) in [5.41, 5.74) is 4.50. The summed E-state index contributed by atoms with van der Waals surface area (Å²) in [6.07, 6.45) is 0.177. The zero-order valence-electron chi connectivity index (χ0n) is 10.3. The van der Waals surface area contributed by atoms with E-state index >= 15 is 0 Å². The molecule has 0 aromatic heterocycles. The lowest BCUT2D eigenvalue weighted by atomic mass is 9.86. The van der Waals surface area contributed by atoms with Crippen molar-refractivity contribution < 1.29 is 18.7 Å². The topological polar surface area (TPSA) is 93.4 Å². The third kappa shape index (κ3) is 2.12. The van der Waals surface area contributed by atoms with Crippen molar-refractivity contribution in [3.05, 3.63) is 29.6 Å². The second-order valence-corrected chi connectivity index (χ2v) is 4.20. The van der Waals surface area contributed by atoms with E-state index in [-0.39, 0.29) is 18.7 Å². The largest absolute Gasteiger partial charge is 0.494 e. The predicted octanol–water partition coefficient (Wildman–Crippen LogP) is 0.218. The van der Waals surface area contributed by atoms with Crippen LogP contribution in [0.4, 0.5) is 9.18 Å². The first-order valence-electron chi connectivity index (χ1n) is 5.71. The fraction of sp³-hybridized carbons (Fsp3) is 0.333. The predicted molar refractivity (Wildman–Crippen MR) is 65.0 cm³/mol. The molecular weight excluding hydrogens is 253 g/mol. The molecule has 2 rings (SSSR count). The molecule has 4 N–H and O–H groups in total. The molecule has 0 radical (unpaired) electrons. The van der Waals surface area contributed by atoms with Crippen molar-refractivity contribution in [3.63, 3.8) is 0 Å². The van der Waals surface area contributed by atoms with Crippen LogP contribution in [-0.4, -0.2) is 25.6 Å². The first-order chi connectivity index (χ1) is 9.03. The molecule has 0 spiro atoms.